The van der Waals surface area contributed by atoms with Gasteiger partial charge in [-0.25, -0.2) is 9.97 Å². The summed E-state index contributed by atoms with van der Waals surface area (Å²) in [5, 5.41) is 3.21. The molecule has 5 rings (SSSR count). The lowest BCUT2D eigenvalue weighted by Crippen LogP contribution is -2.52. The molecule has 1 atom stereocenters. The minimum Gasteiger partial charge on any atom is -0.495 e. The smallest absolute Gasteiger partial charge is 0.290 e. The molecule has 13 heteroatoms. The van der Waals surface area contributed by atoms with Gasteiger partial charge in [0.1, 0.15) is 28.5 Å². The Balaban J connectivity index is 1.32. The van der Waals surface area contributed by atoms with E-state index in [-0.39, 0.29) is 37.1 Å². The van der Waals surface area contributed by atoms with Crippen molar-refractivity contribution in [2.24, 2.45) is 0 Å². The first kappa shape index (κ1) is 28.6. The number of aromatic nitrogens is 4. The third kappa shape index (κ3) is 5.37. The number of rotatable bonds is 8. The lowest BCUT2D eigenvalue weighted by atomic mass is 9.94. The summed E-state index contributed by atoms with van der Waals surface area (Å²) in [6, 6.07) is 5.14. The normalized spacial score (nSPS) is 15.9. The van der Waals surface area contributed by atoms with Gasteiger partial charge in [-0.15, -0.1) is 0 Å². The summed E-state index contributed by atoms with van der Waals surface area (Å²) in [5.74, 6) is -2.03. The van der Waals surface area contributed by atoms with E-state index in [2.05, 4.69) is 25.3 Å². The maximum atomic E-state index is 13.5. The van der Waals surface area contributed by atoms with Crippen LogP contribution in [0.3, 0.4) is 0 Å². The number of carbonyl (C=O) groups excluding carboxylic acids is 4. The molecule has 2 aliphatic rings. The van der Waals surface area contributed by atoms with Crippen molar-refractivity contribution in [3.8, 4) is 17.1 Å². The quantitative estimate of drug-likeness (QED) is 0.393. The molecule has 1 N–H and O–H groups in total. The first-order valence-electron chi connectivity index (χ1n) is 13.8. The van der Waals surface area contributed by atoms with Gasteiger partial charge in [0, 0.05) is 57.6 Å². The number of piperazine rings is 1. The minimum atomic E-state index is -0.797. The average Bonchev–Trinajstić information content (AvgIpc) is 3.50. The van der Waals surface area contributed by atoms with Gasteiger partial charge in [-0.2, -0.15) is 0 Å². The van der Waals surface area contributed by atoms with Crippen molar-refractivity contribution in [1.82, 2.24) is 34.6 Å². The molecule has 42 heavy (non-hydrogen) atoms. The molecular formula is C29H32N8O5. The van der Waals surface area contributed by atoms with Crippen molar-refractivity contribution < 1.29 is 23.9 Å². The summed E-state index contributed by atoms with van der Waals surface area (Å²) >= 11 is 0. The number of ketones is 1. The Labute approximate surface area is 242 Å². The van der Waals surface area contributed by atoms with Gasteiger partial charge in [0.15, 0.2) is 0 Å². The third-order valence-corrected chi connectivity index (χ3v) is 7.56. The average molecular weight is 573 g/mol. The molecule has 0 aromatic carbocycles. The standard InChI is InChI=1S/C29H32N8O5/c1-4-35(5-2)28(40)21-16-31-20(15-32-21)24-25-23(22(42-3)17-34-24)18(14-33-25)26(38)29(41)37-12-10-36(11-13-37)27(39)19-8-6-7-9-30-19/h6-9,15-18,33H,4-5,10-14H2,1-3H3. The van der Waals surface area contributed by atoms with Crippen LogP contribution in [0.1, 0.15) is 46.3 Å². The Morgan fingerprint density at radius 1 is 0.929 bits per heavy atom. The molecule has 1 fully saturated rings. The van der Waals surface area contributed by atoms with Crippen LogP contribution in [0.25, 0.3) is 11.4 Å². The first-order valence-corrected chi connectivity index (χ1v) is 13.8. The van der Waals surface area contributed by atoms with E-state index >= 15 is 0 Å². The van der Waals surface area contributed by atoms with Gasteiger partial charge in [-0.1, -0.05) is 6.07 Å². The molecule has 1 unspecified atom stereocenters. The van der Waals surface area contributed by atoms with Gasteiger partial charge >= 0.3 is 0 Å². The predicted molar refractivity (Wildman–Crippen MR) is 152 cm³/mol. The summed E-state index contributed by atoms with van der Waals surface area (Å²) in [7, 11) is 1.48. The predicted octanol–water partition coefficient (Wildman–Crippen LogP) is 1.49. The lowest BCUT2D eigenvalue weighted by Gasteiger charge is -2.34. The second-order valence-corrected chi connectivity index (χ2v) is 9.83. The Morgan fingerprint density at radius 2 is 1.67 bits per heavy atom. The van der Waals surface area contributed by atoms with Crippen molar-refractivity contribution >= 4 is 29.2 Å². The molecule has 3 aromatic heterocycles. The van der Waals surface area contributed by atoms with E-state index in [0.717, 1.165) is 0 Å². The van der Waals surface area contributed by atoms with Crippen molar-refractivity contribution in [1.29, 1.82) is 0 Å². The summed E-state index contributed by atoms with van der Waals surface area (Å²) in [6.07, 6.45) is 5.93. The first-order chi connectivity index (χ1) is 20.4. The number of methoxy groups -OCH3 is 1. The molecule has 0 aliphatic carbocycles. The number of anilines is 1. The van der Waals surface area contributed by atoms with Crippen molar-refractivity contribution in [3.63, 3.8) is 0 Å². The molecule has 3 aromatic rings. The van der Waals surface area contributed by atoms with Crippen LogP contribution in [0.4, 0.5) is 5.69 Å². The number of carbonyl (C=O) groups is 4. The fourth-order valence-electron chi connectivity index (χ4n) is 5.22. The van der Waals surface area contributed by atoms with E-state index in [9.17, 15) is 19.2 Å². The SMILES string of the molecule is CCN(CC)C(=O)c1cnc(-c2ncc(OC)c3c2NCC3C(=O)C(=O)N2CCN(C(=O)c3ccccn3)CC2)cn1. The number of pyridine rings is 2. The molecule has 1 saturated heterocycles. The Hall–Kier alpha value is -4.94. The van der Waals surface area contributed by atoms with Crippen LogP contribution in [-0.4, -0.2) is 111 Å². The molecule has 5 heterocycles. The van der Waals surface area contributed by atoms with Crippen LogP contribution in [0.15, 0.2) is 43.0 Å². The molecule has 0 saturated carbocycles. The van der Waals surface area contributed by atoms with Gasteiger partial charge in [-0.05, 0) is 26.0 Å². The highest BCUT2D eigenvalue weighted by molar-refractivity contribution is 6.38. The van der Waals surface area contributed by atoms with Crippen molar-refractivity contribution in [2.45, 2.75) is 19.8 Å². The Bertz CT molecular complexity index is 1490. The monoisotopic (exact) mass is 572 g/mol. The van der Waals surface area contributed by atoms with E-state index in [1.807, 2.05) is 13.8 Å². The van der Waals surface area contributed by atoms with Gasteiger partial charge in [0.2, 0.25) is 5.78 Å². The van der Waals surface area contributed by atoms with Crippen LogP contribution in [0, 0.1) is 0 Å². The van der Waals surface area contributed by atoms with Gasteiger partial charge < -0.3 is 24.8 Å². The third-order valence-electron chi connectivity index (χ3n) is 7.56. The summed E-state index contributed by atoms with van der Waals surface area (Å²) in [4.78, 5) is 74.3. The van der Waals surface area contributed by atoms with Crippen LogP contribution in [0.5, 0.6) is 5.75 Å². The second kappa shape index (κ2) is 12.3. The van der Waals surface area contributed by atoms with Crippen molar-refractivity contribution in [2.75, 3.05) is 58.2 Å². The van der Waals surface area contributed by atoms with Gasteiger partial charge in [0.25, 0.3) is 17.7 Å². The second-order valence-electron chi connectivity index (χ2n) is 9.83. The molecular weight excluding hydrogens is 540 g/mol. The Kier molecular flexibility index (Phi) is 8.36. The van der Waals surface area contributed by atoms with E-state index in [1.54, 1.807) is 34.2 Å². The number of hydrogen-bond acceptors (Lipinski definition) is 10. The van der Waals surface area contributed by atoms with Crippen LogP contribution in [-0.2, 0) is 9.59 Å². The van der Waals surface area contributed by atoms with Gasteiger partial charge in [0.05, 0.1) is 37.3 Å². The molecule has 0 radical (unpaired) electrons. The fourth-order valence-corrected chi connectivity index (χ4v) is 5.22. The number of hydrogen-bond donors (Lipinski definition) is 1. The van der Waals surface area contributed by atoms with Gasteiger partial charge in [-0.3, -0.25) is 29.1 Å². The maximum Gasteiger partial charge on any atom is 0.290 e. The number of Topliss-reactive ketones (excluding diaryl/α,β-unsaturated/α-hetero) is 1. The Morgan fingerprint density at radius 3 is 2.29 bits per heavy atom. The zero-order chi connectivity index (χ0) is 29.8. The van der Waals surface area contributed by atoms with Crippen LogP contribution in [0.2, 0.25) is 0 Å². The molecule has 0 spiro atoms. The highest BCUT2D eigenvalue weighted by Crippen LogP contribution is 2.43. The number of nitrogens with zero attached hydrogens (tertiary/aromatic N) is 7. The lowest BCUT2D eigenvalue weighted by molar-refractivity contribution is -0.146. The topological polar surface area (TPSA) is 151 Å². The van der Waals surface area contributed by atoms with E-state index < -0.39 is 17.6 Å². The highest BCUT2D eigenvalue weighted by Gasteiger charge is 2.40. The van der Waals surface area contributed by atoms with Crippen LogP contribution < -0.4 is 10.1 Å². The highest BCUT2D eigenvalue weighted by atomic mass is 16.5. The zero-order valence-corrected chi connectivity index (χ0v) is 23.7. The summed E-state index contributed by atoms with van der Waals surface area (Å²) in [6.45, 7) is 6.17. The maximum absolute atomic E-state index is 13.5. The summed E-state index contributed by atoms with van der Waals surface area (Å²) in [5.41, 5.74) is 2.46. The number of amides is 3. The minimum absolute atomic E-state index is 0.180. The molecule has 218 valence electrons. The molecule has 0 bridgehead atoms. The molecule has 2 aliphatic heterocycles. The van der Waals surface area contributed by atoms with E-state index in [1.165, 1.54) is 30.6 Å². The van der Waals surface area contributed by atoms with E-state index in [4.69, 9.17) is 4.74 Å². The molecule has 13 nitrogen and oxygen atoms in total. The number of ether oxygens (including phenoxy) is 1. The number of fused-ring (bicyclic) bond motifs is 1. The zero-order valence-electron chi connectivity index (χ0n) is 23.7. The summed E-state index contributed by atoms with van der Waals surface area (Å²) < 4.78 is 5.52. The van der Waals surface area contributed by atoms with E-state index in [0.29, 0.717) is 60.3 Å². The molecule has 3 amide bonds. The van der Waals surface area contributed by atoms with Crippen molar-refractivity contribution in [3.05, 3.63) is 59.9 Å². The number of nitrogens with one attached hydrogen (secondary N) is 1. The van der Waals surface area contributed by atoms with Crippen LogP contribution >= 0.6 is 0 Å². The largest absolute Gasteiger partial charge is 0.495 e. The fraction of sp³-hybridized carbons (Fsp3) is 0.379.